The number of pyridine rings is 1. The molecule has 60 heavy (non-hydrogen) atoms. The molecule has 0 spiro atoms. The second-order valence-corrected chi connectivity index (χ2v) is 18.9. The van der Waals surface area contributed by atoms with Crippen LogP contribution in [-0.4, -0.2) is 137 Å². The fraction of sp³-hybridized carbons (Fsp3) is 0.521. The fourth-order valence-electron chi connectivity index (χ4n) is 6.83. The van der Waals surface area contributed by atoms with Crippen LogP contribution in [0.25, 0.3) is 0 Å². The van der Waals surface area contributed by atoms with Crippen LogP contribution < -0.4 is 16.0 Å². The van der Waals surface area contributed by atoms with E-state index in [0.29, 0.717) is 70.9 Å². The van der Waals surface area contributed by atoms with Crippen molar-refractivity contribution in [3.63, 3.8) is 0 Å². The minimum atomic E-state index is -0.360. The van der Waals surface area contributed by atoms with Gasteiger partial charge in [-0.2, -0.15) is 0 Å². The zero-order valence-corrected chi connectivity index (χ0v) is 37.5. The smallest absolute Gasteiger partial charge is 0.234 e. The molecule has 0 saturated carbocycles. The van der Waals surface area contributed by atoms with E-state index in [1.807, 2.05) is 129 Å². The first-order valence-electron chi connectivity index (χ1n) is 21.1. The van der Waals surface area contributed by atoms with Gasteiger partial charge in [-0.25, -0.2) is 0 Å². The Labute approximate surface area is 358 Å². The maximum Gasteiger partial charge on any atom is 0.234 e. The maximum atomic E-state index is 13.2. The number of Topliss-reactive ketones (excluding diaryl/α,β-unsaturated/α-hetero) is 1. The molecule has 0 aliphatic carbocycles. The predicted molar refractivity (Wildman–Crippen MR) is 239 cm³/mol. The minimum absolute atomic E-state index is 0.0440. The number of amides is 3. The van der Waals surface area contributed by atoms with Gasteiger partial charge in [0, 0.05) is 105 Å². The molecule has 2 aromatic carbocycles. The average Bonchev–Trinajstić information content (AvgIpc) is 3.13. The van der Waals surface area contributed by atoms with Crippen LogP contribution in [0.2, 0.25) is 0 Å². The third-order valence-corrected chi connectivity index (χ3v) is 9.54. The normalized spacial score (nSPS) is 15.8. The highest BCUT2D eigenvalue weighted by molar-refractivity contribution is 5.97. The van der Waals surface area contributed by atoms with Gasteiger partial charge in [-0.05, 0) is 92.1 Å². The Balaban J connectivity index is 1.52. The summed E-state index contributed by atoms with van der Waals surface area (Å²) in [6.07, 6.45) is 2.12. The Morgan fingerprint density at radius 2 is 0.967 bits per heavy atom. The van der Waals surface area contributed by atoms with Gasteiger partial charge in [-0.15, -0.1) is 0 Å². The van der Waals surface area contributed by atoms with Crippen molar-refractivity contribution in [3.05, 3.63) is 101 Å². The summed E-state index contributed by atoms with van der Waals surface area (Å²) in [5.41, 5.74) is 3.13. The molecule has 1 aliphatic heterocycles. The zero-order valence-electron chi connectivity index (χ0n) is 37.5. The average molecular weight is 821 g/mol. The molecule has 1 saturated heterocycles. The Morgan fingerprint density at radius 1 is 0.550 bits per heavy atom. The molecule has 1 aromatic heterocycles. The third kappa shape index (κ3) is 19.0. The molecule has 0 bridgehead atoms. The first kappa shape index (κ1) is 47.7. The van der Waals surface area contributed by atoms with Gasteiger partial charge in [0.2, 0.25) is 17.7 Å². The Morgan fingerprint density at radius 3 is 1.40 bits per heavy atom. The highest BCUT2D eigenvalue weighted by Gasteiger charge is 2.24. The Bertz CT molecular complexity index is 1890. The van der Waals surface area contributed by atoms with Crippen LogP contribution in [0.4, 0.5) is 0 Å². The van der Waals surface area contributed by atoms with Gasteiger partial charge in [0.05, 0.1) is 25.3 Å². The molecule has 0 atom stereocenters. The van der Waals surface area contributed by atoms with E-state index in [9.17, 15) is 19.2 Å². The van der Waals surface area contributed by atoms with Crippen molar-refractivity contribution >= 4 is 23.5 Å². The van der Waals surface area contributed by atoms with Gasteiger partial charge in [0.1, 0.15) is 0 Å². The molecule has 1 fully saturated rings. The molecule has 3 aromatic rings. The monoisotopic (exact) mass is 821 g/mol. The Hall–Kier alpha value is -4.93. The van der Waals surface area contributed by atoms with Gasteiger partial charge >= 0.3 is 0 Å². The number of hydrogen-bond acceptors (Lipinski definition) is 9. The summed E-state index contributed by atoms with van der Waals surface area (Å²) in [5, 5.41) is 9.30. The summed E-state index contributed by atoms with van der Waals surface area (Å²) in [4.78, 5) is 65.8. The van der Waals surface area contributed by atoms with Crippen LogP contribution in [0, 0.1) is 11.8 Å². The summed E-state index contributed by atoms with van der Waals surface area (Å²) in [5.74, 6) is 6.49. The van der Waals surface area contributed by atoms with Crippen LogP contribution >= 0.6 is 0 Å². The lowest BCUT2D eigenvalue weighted by Crippen LogP contribution is -2.53. The van der Waals surface area contributed by atoms with Crippen molar-refractivity contribution in [3.8, 4) is 11.8 Å². The first-order chi connectivity index (χ1) is 28.2. The van der Waals surface area contributed by atoms with Crippen LogP contribution in [-0.2, 0) is 27.3 Å². The third-order valence-electron chi connectivity index (χ3n) is 9.54. The molecule has 3 amide bonds. The van der Waals surface area contributed by atoms with E-state index in [0.717, 1.165) is 22.4 Å². The van der Waals surface area contributed by atoms with Crippen molar-refractivity contribution in [1.82, 2.24) is 40.5 Å². The molecule has 12 nitrogen and oxygen atoms in total. The second kappa shape index (κ2) is 22.1. The maximum absolute atomic E-state index is 13.2. The molecule has 3 N–H and O–H groups in total. The lowest BCUT2D eigenvalue weighted by atomic mass is 10.0. The highest BCUT2D eigenvalue weighted by Crippen LogP contribution is 2.12. The van der Waals surface area contributed by atoms with E-state index >= 15 is 0 Å². The molecule has 324 valence electrons. The number of benzene rings is 2. The van der Waals surface area contributed by atoms with Crippen molar-refractivity contribution in [2.24, 2.45) is 0 Å². The van der Waals surface area contributed by atoms with Gasteiger partial charge in [-0.3, -0.25) is 43.8 Å². The number of carbonyl (C=O) groups is 4. The fourth-order valence-corrected chi connectivity index (χ4v) is 6.83. The number of ketones is 1. The molecule has 1 aliphatic rings. The van der Waals surface area contributed by atoms with Crippen LogP contribution in [0.3, 0.4) is 0 Å². The standard InChI is InChI=1S/C48H68N8O4/c1-46(2,3)50-43(58)34-54-25-23-53(24-26-55(35-44(59)51-47(4,5)6)28-30-56(29-27-54)36-45(60)52-48(7,8)9)33-41-31-39(21-22-49-41)20-17-37-15-18-38(19-16-37)32-42(57)40-13-11-10-12-14-40/h10-16,18-19,21-22,31H,23-30,32-36H2,1-9H3,(H,50,58)(H,51,59)(H,52,60). The van der Waals surface area contributed by atoms with Crippen molar-refractivity contribution < 1.29 is 19.2 Å². The largest absolute Gasteiger partial charge is 0.350 e. The number of aromatic nitrogens is 1. The lowest BCUT2D eigenvalue weighted by Gasteiger charge is -2.34. The quantitative estimate of drug-likeness (QED) is 0.191. The van der Waals surface area contributed by atoms with Gasteiger partial charge < -0.3 is 16.0 Å². The summed E-state index contributed by atoms with van der Waals surface area (Å²) in [6, 6.07) is 21.0. The summed E-state index contributed by atoms with van der Waals surface area (Å²) >= 11 is 0. The molecule has 2 heterocycles. The topological polar surface area (TPSA) is 130 Å². The second-order valence-electron chi connectivity index (χ2n) is 18.9. The minimum Gasteiger partial charge on any atom is -0.350 e. The number of carbonyl (C=O) groups excluding carboxylic acids is 4. The van der Waals surface area contributed by atoms with Crippen LogP contribution in [0.15, 0.2) is 72.9 Å². The number of hydrogen-bond donors (Lipinski definition) is 3. The van der Waals surface area contributed by atoms with E-state index < -0.39 is 0 Å². The first-order valence-corrected chi connectivity index (χ1v) is 21.1. The lowest BCUT2D eigenvalue weighted by molar-refractivity contribution is -0.125. The summed E-state index contributed by atoms with van der Waals surface area (Å²) in [7, 11) is 0. The van der Waals surface area contributed by atoms with E-state index in [1.54, 1.807) is 6.20 Å². The molecule has 4 rings (SSSR count). The van der Waals surface area contributed by atoms with Gasteiger partial charge in [-0.1, -0.05) is 54.3 Å². The van der Waals surface area contributed by atoms with E-state index in [-0.39, 0.29) is 59.8 Å². The van der Waals surface area contributed by atoms with Crippen molar-refractivity contribution in [2.75, 3.05) is 72.0 Å². The number of nitrogens with zero attached hydrogens (tertiary/aromatic N) is 5. The van der Waals surface area contributed by atoms with Crippen LogP contribution in [0.5, 0.6) is 0 Å². The SMILES string of the molecule is CC(C)(C)NC(=O)CN1CCN(CC(=O)NC(C)(C)C)CCN(Cc2cc(C#Cc3ccc(CC(=O)c4ccccc4)cc3)ccn2)CCN(CC(=O)NC(C)(C)C)CC1. The molecular weight excluding hydrogens is 753 g/mol. The van der Waals surface area contributed by atoms with Crippen molar-refractivity contribution in [2.45, 2.75) is 91.9 Å². The molecular formula is C48H68N8O4. The Kier molecular flexibility index (Phi) is 17.6. The summed E-state index contributed by atoms with van der Waals surface area (Å²) in [6.45, 7) is 23.9. The highest BCUT2D eigenvalue weighted by atomic mass is 16.2. The molecule has 0 radical (unpaired) electrons. The number of nitrogens with one attached hydrogen (secondary N) is 3. The number of rotatable bonds is 11. The molecule has 0 unspecified atom stereocenters. The van der Waals surface area contributed by atoms with Crippen LogP contribution in [0.1, 0.15) is 95.1 Å². The van der Waals surface area contributed by atoms with E-state index in [1.165, 1.54) is 0 Å². The molecule has 12 heteroatoms. The van der Waals surface area contributed by atoms with E-state index in [2.05, 4.69) is 47.4 Å². The zero-order chi connectivity index (χ0) is 43.9. The predicted octanol–water partition coefficient (Wildman–Crippen LogP) is 4.37. The van der Waals surface area contributed by atoms with Crippen molar-refractivity contribution in [1.29, 1.82) is 0 Å². The summed E-state index contributed by atoms with van der Waals surface area (Å²) < 4.78 is 0. The van der Waals surface area contributed by atoms with E-state index in [4.69, 9.17) is 4.98 Å². The van der Waals surface area contributed by atoms with Gasteiger partial charge in [0.15, 0.2) is 5.78 Å². The van der Waals surface area contributed by atoms with Gasteiger partial charge in [0.25, 0.3) is 0 Å².